The summed E-state index contributed by atoms with van der Waals surface area (Å²) in [5.41, 5.74) is 3.74. The zero-order chi connectivity index (χ0) is 18.4. The summed E-state index contributed by atoms with van der Waals surface area (Å²) in [5.74, 6) is 0. The molecule has 3 heteroatoms. The minimum Gasteiger partial charge on any atom is -0.307 e. The lowest BCUT2D eigenvalue weighted by Gasteiger charge is -2.33. The molecule has 1 aliphatic heterocycles. The third kappa shape index (κ3) is 6.79. The van der Waals surface area contributed by atoms with Gasteiger partial charge in [0, 0.05) is 17.5 Å². The lowest BCUT2D eigenvalue weighted by molar-refractivity contribution is -0.109. The van der Waals surface area contributed by atoms with Crippen LogP contribution >= 0.6 is 0 Å². The Hall–Kier alpha value is -1.12. The largest absolute Gasteiger partial charge is 0.307 e. The van der Waals surface area contributed by atoms with Gasteiger partial charge in [0.15, 0.2) is 0 Å². The van der Waals surface area contributed by atoms with Crippen LogP contribution in [0.2, 0.25) is 5.31 Å². The third-order valence-electron chi connectivity index (χ3n) is 4.64. The van der Waals surface area contributed by atoms with Crippen LogP contribution in [0.1, 0.15) is 86.5 Å². The van der Waals surface area contributed by atoms with Crippen LogP contribution in [0.3, 0.4) is 0 Å². The van der Waals surface area contributed by atoms with E-state index in [0.29, 0.717) is 5.41 Å². The van der Waals surface area contributed by atoms with Crippen LogP contribution in [0, 0.1) is 5.41 Å². The van der Waals surface area contributed by atoms with E-state index in [4.69, 9.17) is 0 Å². The Labute approximate surface area is 150 Å². The molecule has 0 bridgehead atoms. The van der Waals surface area contributed by atoms with Crippen molar-refractivity contribution in [1.82, 2.24) is 0 Å². The molecule has 1 radical (unpaired) electrons. The van der Waals surface area contributed by atoms with Crippen molar-refractivity contribution in [2.24, 2.45) is 10.4 Å². The summed E-state index contributed by atoms with van der Waals surface area (Å²) in [6.07, 6.45) is 8.98. The van der Waals surface area contributed by atoms with E-state index in [9.17, 15) is 4.79 Å². The van der Waals surface area contributed by atoms with Gasteiger partial charge in [-0.05, 0) is 49.8 Å². The van der Waals surface area contributed by atoms with Crippen molar-refractivity contribution in [2.45, 2.75) is 91.8 Å². The number of hydrogen-bond acceptors (Lipinski definition) is 2. The summed E-state index contributed by atoms with van der Waals surface area (Å²) in [7, 11) is 1.95. The fourth-order valence-corrected chi connectivity index (χ4v) is 3.65. The summed E-state index contributed by atoms with van der Waals surface area (Å²) < 4.78 is 0. The van der Waals surface area contributed by atoms with Gasteiger partial charge in [0.05, 0.1) is 0 Å². The van der Waals surface area contributed by atoms with E-state index in [-0.39, 0.29) is 11.0 Å². The molecule has 0 N–H and O–H groups in total. The predicted octanol–water partition coefficient (Wildman–Crippen LogP) is 6.11. The minimum atomic E-state index is -0.0526. The molecule has 1 heterocycles. The summed E-state index contributed by atoms with van der Waals surface area (Å²) in [5, 5.41) is -0.0526. The topological polar surface area (TPSA) is 29.4 Å². The molecule has 0 saturated heterocycles. The molecule has 0 aliphatic carbocycles. The number of carbonyl (C=O) groups excluding carboxylic acids is 1. The van der Waals surface area contributed by atoms with Crippen molar-refractivity contribution in [2.75, 3.05) is 0 Å². The van der Waals surface area contributed by atoms with Gasteiger partial charge in [-0.2, -0.15) is 0 Å². The quantitative estimate of drug-likeness (QED) is 0.229. The lowest BCUT2D eigenvalue weighted by atomic mass is 9.43. The first kappa shape index (κ1) is 20.9. The maximum absolute atomic E-state index is 12.4. The molecule has 2 nitrogen and oxygen atoms in total. The van der Waals surface area contributed by atoms with Gasteiger partial charge in [-0.25, -0.2) is 0 Å². The highest BCUT2D eigenvalue weighted by molar-refractivity contribution is 6.80. The number of unbranched alkanes of at least 4 members (excludes halogenated alkanes) is 1. The summed E-state index contributed by atoms with van der Waals surface area (Å²) >= 11 is 0. The van der Waals surface area contributed by atoms with Crippen molar-refractivity contribution in [1.29, 1.82) is 0 Å². The number of aliphatic imine (C=N–C) groups is 1. The van der Waals surface area contributed by atoms with Crippen LogP contribution < -0.4 is 0 Å². The number of hydrogen-bond donors (Lipinski definition) is 0. The first-order chi connectivity index (χ1) is 11.1. The second kappa shape index (κ2) is 8.83. The number of carbonyl (C=O) groups is 1. The number of nitrogens with zero attached hydrogens (tertiary/aromatic N) is 1. The van der Waals surface area contributed by atoms with Crippen molar-refractivity contribution in [3.8, 4) is 0 Å². The van der Waals surface area contributed by atoms with E-state index in [1.165, 1.54) is 5.57 Å². The van der Waals surface area contributed by atoms with Crippen LogP contribution in [0.25, 0.3) is 0 Å². The molecule has 24 heavy (non-hydrogen) atoms. The van der Waals surface area contributed by atoms with Gasteiger partial charge >= 0.3 is 0 Å². The molecule has 133 valence electrons. The zero-order valence-corrected chi connectivity index (χ0v) is 16.7. The van der Waals surface area contributed by atoms with E-state index in [1.807, 2.05) is 21.1 Å². The van der Waals surface area contributed by atoms with Gasteiger partial charge in [0.25, 0.3) is 0 Å². The monoisotopic (exact) mass is 328 g/mol. The van der Waals surface area contributed by atoms with Gasteiger partial charge in [0.2, 0.25) is 7.28 Å². The SMILES string of the molecule is C=C(CCCCC1(C)[B]C(=O)C(CC)=C(N=CC)C1)CC(C)(C)C. The average molecular weight is 328 g/mol. The lowest BCUT2D eigenvalue weighted by Crippen LogP contribution is -2.31. The van der Waals surface area contributed by atoms with Crippen molar-refractivity contribution >= 4 is 19.2 Å². The Morgan fingerprint density at radius 3 is 2.58 bits per heavy atom. The van der Waals surface area contributed by atoms with Crippen LogP contribution in [0.15, 0.2) is 28.4 Å². The van der Waals surface area contributed by atoms with E-state index >= 15 is 0 Å². The maximum atomic E-state index is 12.4. The normalized spacial score (nSPS) is 22.2. The van der Waals surface area contributed by atoms with E-state index < -0.39 is 0 Å². The standard InChI is InChI=1S/C21H35BNO/c1-8-17-18(23-9-2)15-21(7,22-19(17)24)13-11-10-12-16(3)14-20(4,5)6/h9H,3,8,10-15H2,1-2,4-7H3. The van der Waals surface area contributed by atoms with Crippen molar-refractivity contribution < 1.29 is 4.79 Å². The van der Waals surface area contributed by atoms with Gasteiger partial charge in [0.1, 0.15) is 5.68 Å². The molecule has 0 aromatic carbocycles. The molecule has 1 unspecified atom stereocenters. The van der Waals surface area contributed by atoms with Gasteiger partial charge in [-0.1, -0.05) is 59.6 Å². The van der Waals surface area contributed by atoms with Gasteiger partial charge in [-0.15, -0.1) is 0 Å². The maximum Gasteiger partial charge on any atom is 0.216 e. The summed E-state index contributed by atoms with van der Waals surface area (Å²) in [6, 6.07) is 0. The second-order valence-electron chi connectivity index (χ2n) is 8.70. The van der Waals surface area contributed by atoms with Crippen LogP contribution in [-0.4, -0.2) is 19.2 Å². The smallest absolute Gasteiger partial charge is 0.216 e. The van der Waals surface area contributed by atoms with Gasteiger partial charge in [-0.3, -0.25) is 4.99 Å². The Bertz CT molecular complexity index is 524. The van der Waals surface area contributed by atoms with Crippen LogP contribution in [0.4, 0.5) is 0 Å². The average Bonchev–Trinajstić information content (AvgIpc) is 2.42. The first-order valence-electron chi connectivity index (χ1n) is 9.38. The Morgan fingerprint density at radius 2 is 2.04 bits per heavy atom. The summed E-state index contributed by atoms with van der Waals surface area (Å²) in [4.78, 5) is 16.9. The van der Waals surface area contributed by atoms with E-state index in [1.54, 1.807) is 6.21 Å². The van der Waals surface area contributed by atoms with Crippen molar-refractivity contribution in [3.63, 3.8) is 0 Å². The van der Waals surface area contributed by atoms with Crippen LogP contribution in [-0.2, 0) is 4.79 Å². The molecule has 0 aromatic heterocycles. The molecule has 1 aliphatic rings. The summed E-state index contributed by atoms with van der Waals surface area (Å²) in [6.45, 7) is 17.2. The Morgan fingerprint density at radius 1 is 1.38 bits per heavy atom. The number of rotatable bonds is 8. The molecular weight excluding hydrogens is 293 g/mol. The highest BCUT2D eigenvalue weighted by atomic mass is 16.1. The third-order valence-corrected chi connectivity index (χ3v) is 4.64. The Kier molecular flexibility index (Phi) is 7.70. The number of allylic oxidation sites excluding steroid dienone is 3. The first-order valence-corrected chi connectivity index (χ1v) is 9.38. The fourth-order valence-electron chi connectivity index (χ4n) is 3.65. The zero-order valence-electron chi connectivity index (χ0n) is 16.7. The molecule has 1 atom stereocenters. The molecule has 0 aromatic rings. The molecule has 0 saturated carbocycles. The molecule has 0 amide bonds. The highest BCUT2D eigenvalue weighted by Crippen LogP contribution is 2.43. The fraction of sp³-hybridized carbons (Fsp3) is 0.714. The predicted molar refractivity (Wildman–Crippen MR) is 107 cm³/mol. The second-order valence-corrected chi connectivity index (χ2v) is 8.70. The molecular formula is C21H35BNO. The highest BCUT2D eigenvalue weighted by Gasteiger charge is 2.36. The van der Waals surface area contributed by atoms with Gasteiger partial charge < -0.3 is 4.79 Å². The van der Waals surface area contributed by atoms with Crippen molar-refractivity contribution in [3.05, 3.63) is 23.4 Å². The van der Waals surface area contributed by atoms with Crippen LogP contribution in [0.5, 0.6) is 0 Å². The molecule has 1 rings (SSSR count). The van der Waals surface area contributed by atoms with E-state index in [0.717, 1.165) is 56.2 Å². The van der Waals surface area contributed by atoms with E-state index in [2.05, 4.69) is 39.3 Å². The molecule has 0 spiro atoms. The minimum absolute atomic E-state index is 0.0526. The molecule has 0 fully saturated rings. The Balaban J connectivity index is 2.55.